The van der Waals surface area contributed by atoms with Crippen LogP contribution in [-0.2, 0) is 9.59 Å². The van der Waals surface area contributed by atoms with Crippen LogP contribution in [0.25, 0.3) is 0 Å². The van der Waals surface area contributed by atoms with Crippen LogP contribution < -0.4 is 0 Å². The Morgan fingerprint density at radius 3 is 1.92 bits per heavy atom. The summed E-state index contributed by atoms with van der Waals surface area (Å²) in [6, 6.07) is 6.84. The summed E-state index contributed by atoms with van der Waals surface area (Å²) in [7, 11) is 1.85. The van der Waals surface area contributed by atoms with Crippen LogP contribution in [0.5, 0.6) is 5.75 Å². The van der Waals surface area contributed by atoms with Gasteiger partial charge in [0.25, 0.3) is 0 Å². The van der Waals surface area contributed by atoms with Crippen LogP contribution in [0.3, 0.4) is 0 Å². The number of carboxylic acid groups (broad SMARTS) is 1. The largest absolute Gasteiger partial charge is 0.508 e. The number of phenols is 1. The molecule has 0 aliphatic rings. The van der Waals surface area contributed by atoms with Gasteiger partial charge in [-0.05, 0) is 37.0 Å². The Labute approximate surface area is 145 Å². The molecule has 1 rings (SSSR count). The number of alkyl halides is 3. The molecule has 1 aromatic carbocycles. The molecule has 0 aliphatic carbocycles. The van der Waals surface area contributed by atoms with Crippen LogP contribution in [0.2, 0.25) is 0 Å². The number of carboxylic acids is 1. The standard InChI is InChI=1S/C15H23NO2.C2HF3O2/c1-11(2)9-10-16(4)15(18)12(3)13-5-7-14(17)8-6-13;3-2(4,5)1(6)7/h5-8,11-12,17H,9-10H2,1-4H3;(H,6,7). The van der Waals surface area contributed by atoms with E-state index in [0.29, 0.717) is 5.92 Å². The molecular weight excluding hydrogens is 339 g/mol. The normalized spacial score (nSPS) is 12.2. The lowest BCUT2D eigenvalue weighted by atomic mass is 9.99. The lowest BCUT2D eigenvalue weighted by Crippen LogP contribution is -2.32. The predicted molar refractivity (Wildman–Crippen MR) is 87.3 cm³/mol. The summed E-state index contributed by atoms with van der Waals surface area (Å²) >= 11 is 0. The van der Waals surface area contributed by atoms with Gasteiger partial charge in [-0.1, -0.05) is 26.0 Å². The van der Waals surface area contributed by atoms with Crippen molar-refractivity contribution in [3.8, 4) is 5.75 Å². The monoisotopic (exact) mass is 363 g/mol. The van der Waals surface area contributed by atoms with Gasteiger partial charge in [0.2, 0.25) is 5.91 Å². The molecule has 1 atom stereocenters. The molecule has 0 aromatic heterocycles. The number of aromatic hydroxyl groups is 1. The van der Waals surface area contributed by atoms with Crippen LogP contribution in [0.15, 0.2) is 24.3 Å². The lowest BCUT2D eigenvalue weighted by Gasteiger charge is -2.22. The van der Waals surface area contributed by atoms with Crippen LogP contribution in [-0.4, -0.2) is 46.8 Å². The summed E-state index contributed by atoms with van der Waals surface area (Å²) in [6.07, 6.45) is -4.06. The van der Waals surface area contributed by atoms with Crippen molar-refractivity contribution in [1.82, 2.24) is 4.90 Å². The van der Waals surface area contributed by atoms with Crippen molar-refractivity contribution in [2.75, 3.05) is 13.6 Å². The second kappa shape index (κ2) is 9.90. The first-order valence-corrected chi connectivity index (χ1v) is 7.70. The molecule has 8 heteroatoms. The summed E-state index contributed by atoms with van der Waals surface area (Å²) in [4.78, 5) is 22.9. The number of hydrogen-bond donors (Lipinski definition) is 2. The van der Waals surface area contributed by atoms with Gasteiger partial charge in [0.15, 0.2) is 0 Å². The summed E-state index contributed by atoms with van der Waals surface area (Å²) in [5, 5.41) is 16.4. The van der Waals surface area contributed by atoms with Gasteiger partial charge in [0.1, 0.15) is 5.75 Å². The number of benzene rings is 1. The molecule has 142 valence electrons. The van der Waals surface area contributed by atoms with Gasteiger partial charge in [-0.15, -0.1) is 0 Å². The number of amides is 1. The Balaban J connectivity index is 0.000000697. The molecule has 0 heterocycles. The fourth-order valence-corrected chi connectivity index (χ4v) is 1.80. The lowest BCUT2D eigenvalue weighted by molar-refractivity contribution is -0.192. The molecule has 0 aliphatic heterocycles. The van der Waals surface area contributed by atoms with E-state index in [4.69, 9.17) is 9.90 Å². The molecule has 1 amide bonds. The van der Waals surface area contributed by atoms with E-state index in [1.54, 1.807) is 29.2 Å². The van der Waals surface area contributed by atoms with Gasteiger partial charge < -0.3 is 15.1 Å². The van der Waals surface area contributed by atoms with Gasteiger partial charge in [0, 0.05) is 13.6 Å². The number of halogens is 3. The zero-order valence-electron chi connectivity index (χ0n) is 14.7. The number of carbonyl (C=O) groups is 2. The van der Waals surface area contributed by atoms with Gasteiger partial charge >= 0.3 is 12.1 Å². The van der Waals surface area contributed by atoms with E-state index in [9.17, 15) is 23.1 Å². The fraction of sp³-hybridized carbons (Fsp3) is 0.529. The van der Waals surface area contributed by atoms with Crippen LogP contribution in [0, 0.1) is 5.92 Å². The average Bonchev–Trinajstić information content (AvgIpc) is 2.51. The van der Waals surface area contributed by atoms with Crippen molar-refractivity contribution in [2.24, 2.45) is 5.92 Å². The second-order valence-electron chi connectivity index (χ2n) is 6.06. The minimum atomic E-state index is -5.08. The summed E-state index contributed by atoms with van der Waals surface area (Å²) in [6.45, 7) is 7.00. The third-order valence-electron chi connectivity index (χ3n) is 3.42. The molecule has 0 fully saturated rings. The van der Waals surface area contributed by atoms with E-state index in [-0.39, 0.29) is 17.6 Å². The Morgan fingerprint density at radius 2 is 1.56 bits per heavy atom. The maximum atomic E-state index is 12.2. The molecule has 25 heavy (non-hydrogen) atoms. The summed E-state index contributed by atoms with van der Waals surface area (Å²) in [5.41, 5.74) is 0.939. The van der Waals surface area contributed by atoms with E-state index in [2.05, 4.69) is 13.8 Å². The van der Waals surface area contributed by atoms with Crippen molar-refractivity contribution in [1.29, 1.82) is 0 Å². The van der Waals surface area contributed by atoms with Crippen LogP contribution >= 0.6 is 0 Å². The van der Waals surface area contributed by atoms with E-state index in [1.165, 1.54) is 0 Å². The average molecular weight is 363 g/mol. The van der Waals surface area contributed by atoms with Gasteiger partial charge in [-0.25, -0.2) is 4.79 Å². The Kier molecular flexibility index (Phi) is 9.01. The van der Waals surface area contributed by atoms with Crippen molar-refractivity contribution in [3.05, 3.63) is 29.8 Å². The van der Waals surface area contributed by atoms with Crippen molar-refractivity contribution >= 4 is 11.9 Å². The first-order chi connectivity index (χ1) is 11.4. The van der Waals surface area contributed by atoms with Crippen molar-refractivity contribution in [3.63, 3.8) is 0 Å². The summed E-state index contributed by atoms with van der Waals surface area (Å²) in [5.74, 6) is -1.97. The molecule has 0 saturated heterocycles. The Hall–Kier alpha value is -2.25. The fourth-order valence-electron chi connectivity index (χ4n) is 1.80. The number of phenolic OH excluding ortho intramolecular Hbond substituents is 1. The number of carbonyl (C=O) groups excluding carboxylic acids is 1. The third kappa shape index (κ3) is 8.97. The van der Waals surface area contributed by atoms with Crippen LogP contribution in [0.4, 0.5) is 13.2 Å². The molecule has 0 bridgehead atoms. The SMILES string of the molecule is CC(C)CCN(C)C(=O)C(C)c1ccc(O)cc1.O=C(O)C(F)(F)F. The highest BCUT2D eigenvalue weighted by Gasteiger charge is 2.38. The molecule has 2 N–H and O–H groups in total. The molecule has 0 saturated carbocycles. The number of rotatable bonds is 5. The van der Waals surface area contributed by atoms with E-state index >= 15 is 0 Å². The molecule has 1 aromatic rings. The van der Waals surface area contributed by atoms with Gasteiger partial charge in [0.05, 0.1) is 5.92 Å². The quantitative estimate of drug-likeness (QED) is 0.837. The highest BCUT2D eigenvalue weighted by Crippen LogP contribution is 2.20. The first kappa shape index (κ1) is 22.8. The number of nitrogens with zero attached hydrogens (tertiary/aromatic N) is 1. The number of likely N-dealkylation sites (N-methyl/N-ethyl adjacent to an activating group) is 1. The highest BCUT2D eigenvalue weighted by molar-refractivity contribution is 5.83. The predicted octanol–water partition coefficient (Wildman–Crippen LogP) is 3.63. The zero-order chi connectivity index (χ0) is 19.8. The van der Waals surface area contributed by atoms with Gasteiger partial charge in [-0.2, -0.15) is 13.2 Å². The van der Waals surface area contributed by atoms with Crippen molar-refractivity contribution in [2.45, 2.75) is 39.3 Å². The minimum Gasteiger partial charge on any atom is -0.508 e. The maximum absolute atomic E-state index is 12.2. The maximum Gasteiger partial charge on any atom is 0.490 e. The molecule has 0 radical (unpaired) electrons. The topological polar surface area (TPSA) is 77.8 Å². The highest BCUT2D eigenvalue weighted by atomic mass is 19.4. The minimum absolute atomic E-state index is 0.126. The molecule has 1 unspecified atom stereocenters. The zero-order valence-corrected chi connectivity index (χ0v) is 14.7. The Morgan fingerprint density at radius 1 is 1.12 bits per heavy atom. The number of hydrogen-bond acceptors (Lipinski definition) is 3. The molecular formula is C17H24F3NO4. The molecule has 0 spiro atoms. The first-order valence-electron chi connectivity index (χ1n) is 7.70. The van der Waals surface area contributed by atoms with Crippen molar-refractivity contribution < 1.29 is 33.0 Å². The van der Waals surface area contributed by atoms with E-state index < -0.39 is 12.1 Å². The number of aliphatic carboxylic acids is 1. The Bertz CT molecular complexity index is 556. The smallest absolute Gasteiger partial charge is 0.490 e. The van der Waals surface area contributed by atoms with E-state index in [1.807, 2.05) is 14.0 Å². The third-order valence-corrected chi connectivity index (χ3v) is 3.42. The second-order valence-corrected chi connectivity index (χ2v) is 6.06. The summed E-state index contributed by atoms with van der Waals surface area (Å²) < 4.78 is 31.7. The van der Waals surface area contributed by atoms with Gasteiger partial charge in [-0.3, -0.25) is 4.79 Å². The van der Waals surface area contributed by atoms with Crippen LogP contribution in [0.1, 0.15) is 38.7 Å². The molecule has 5 nitrogen and oxygen atoms in total. The van der Waals surface area contributed by atoms with E-state index in [0.717, 1.165) is 18.5 Å².